The lowest BCUT2D eigenvalue weighted by Gasteiger charge is -2.35. The van der Waals surface area contributed by atoms with E-state index in [2.05, 4.69) is 32.6 Å². The Kier molecular flexibility index (Phi) is 7.40. The van der Waals surface area contributed by atoms with Crippen molar-refractivity contribution in [2.75, 3.05) is 60.3 Å². The van der Waals surface area contributed by atoms with Gasteiger partial charge in [0.05, 0.1) is 22.9 Å². The van der Waals surface area contributed by atoms with Gasteiger partial charge in [0.1, 0.15) is 5.76 Å². The normalized spacial score (nSPS) is 14.7. The zero-order chi connectivity index (χ0) is 20.8. The van der Waals surface area contributed by atoms with Crippen LogP contribution in [-0.2, 0) is 9.59 Å². The van der Waals surface area contributed by atoms with Crippen LogP contribution in [0.25, 0.3) is 0 Å². The summed E-state index contributed by atoms with van der Waals surface area (Å²) in [5.41, 5.74) is 1.65. The number of piperazine rings is 1. The molecule has 29 heavy (non-hydrogen) atoms. The fraction of sp³-hybridized carbons (Fsp3) is 0.421. The van der Waals surface area contributed by atoms with E-state index in [1.165, 1.54) is 11.8 Å². The van der Waals surface area contributed by atoms with E-state index in [4.69, 9.17) is 16.1 Å². The second-order valence-electron chi connectivity index (χ2n) is 6.86. The van der Waals surface area contributed by atoms with E-state index in [9.17, 15) is 9.59 Å². The summed E-state index contributed by atoms with van der Waals surface area (Å²) in [5.74, 6) is 0.855. The molecule has 1 aliphatic rings. The number of aromatic nitrogens is 1. The SMILES string of the molecule is Cc1cc(NC(=O)CSCC(=O)Nc2cc(Cl)ccc2N2CCN(C)CC2)no1. The molecule has 1 aromatic carbocycles. The minimum atomic E-state index is -0.239. The van der Waals surface area contributed by atoms with Gasteiger partial charge in [0.2, 0.25) is 11.8 Å². The van der Waals surface area contributed by atoms with Crippen molar-refractivity contribution >= 4 is 52.4 Å². The van der Waals surface area contributed by atoms with Crippen molar-refractivity contribution in [1.82, 2.24) is 10.1 Å². The summed E-state index contributed by atoms with van der Waals surface area (Å²) in [6.07, 6.45) is 0. The van der Waals surface area contributed by atoms with Crippen molar-refractivity contribution in [2.24, 2.45) is 0 Å². The zero-order valence-electron chi connectivity index (χ0n) is 16.4. The standard InChI is InChI=1S/C19H24ClN5O3S/c1-13-9-17(23-28-13)22-19(27)12-29-11-18(26)21-15-10-14(20)3-4-16(15)25-7-5-24(2)6-8-25/h3-4,9-10H,5-8,11-12H2,1-2H3,(H,21,26)(H,22,23,27). The monoisotopic (exact) mass is 437 g/mol. The number of rotatable bonds is 7. The number of hydrogen-bond acceptors (Lipinski definition) is 7. The molecular formula is C19H24ClN5O3S. The number of halogens is 1. The molecular weight excluding hydrogens is 414 g/mol. The summed E-state index contributed by atoms with van der Waals surface area (Å²) in [5, 5.41) is 9.82. The minimum Gasteiger partial charge on any atom is -0.367 e. The number of anilines is 3. The van der Waals surface area contributed by atoms with Crippen LogP contribution in [-0.4, -0.2) is 66.6 Å². The van der Waals surface area contributed by atoms with E-state index in [-0.39, 0.29) is 23.3 Å². The zero-order valence-corrected chi connectivity index (χ0v) is 18.0. The van der Waals surface area contributed by atoms with Crippen LogP contribution in [0, 0.1) is 6.92 Å². The van der Waals surface area contributed by atoms with E-state index < -0.39 is 0 Å². The number of carbonyl (C=O) groups excluding carboxylic acids is 2. The molecule has 156 valence electrons. The average molecular weight is 438 g/mol. The summed E-state index contributed by atoms with van der Waals surface area (Å²) in [6, 6.07) is 7.16. The number of benzene rings is 1. The molecule has 0 unspecified atom stereocenters. The third-order valence-electron chi connectivity index (χ3n) is 4.44. The number of aryl methyl sites for hydroxylation is 1. The van der Waals surface area contributed by atoms with E-state index in [1.54, 1.807) is 19.1 Å². The first-order valence-electron chi connectivity index (χ1n) is 9.24. The molecule has 3 rings (SSSR count). The molecule has 0 aliphatic carbocycles. The van der Waals surface area contributed by atoms with Crippen LogP contribution in [0.5, 0.6) is 0 Å². The number of nitrogens with one attached hydrogen (secondary N) is 2. The maximum atomic E-state index is 12.4. The van der Waals surface area contributed by atoms with Gasteiger partial charge in [0.15, 0.2) is 5.82 Å². The molecule has 2 heterocycles. The number of hydrogen-bond donors (Lipinski definition) is 2. The van der Waals surface area contributed by atoms with Crippen LogP contribution >= 0.6 is 23.4 Å². The predicted octanol–water partition coefficient (Wildman–Crippen LogP) is 2.70. The molecule has 2 aromatic rings. The Morgan fingerprint density at radius 2 is 1.83 bits per heavy atom. The van der Waals surface area contributed by atoms with Crippen LogP contribution in [0.4, 0.5) is 17.2 Å². The first-order chi connectivity index (χ1) is 13.9. The highest BCUT2D eigenvalue weighted by Crippen LogP contribution is 2.30. The second kappa shape index (κ2) is 10.00. The average Bonchev–Trinajstić information content (AvgIpc) is 3.07. The maximum absolute atomic E-state index is 12.4. The fourth-order valence-corrected chi connectivity index (χ4v) is 3.75. The Bertz CT molecular complexity index is 867. The van der Waals surface area contributed by atoms with Crippen LogP contribution in [0.15, 0.2) is 28.8 Å². The number of thioether (sulfide) groups is 1. The molecule has 0 saturated carbocycles. The third-order valence-corrected chi connectivity index (χ3v) is 5.61. The van der Waals surface area contributed by atoms with Gasteiger partial charge in [-0.15, -0.1) is 11.8 Å². The van der Waals surface area contributed by atoms with Crippen LogP contribution < -0.4 is 15.5 Å². The van der Waals surface area contributed by atoms with Gasteiger partial charge >= 0.3 is 0 Å². The number of likely N-dealkylation sites (N-methyl/N-ethyl adjacent to an activating group) is 1. The minimum absolute atomic E-state index is 0.139. The highest BCUT2D eigenvalue weighted by Gasteiger charge is 2.18. The molecule has 1 aliphatic heterocycles. The summed E-state index contributed by atoms with van der Waals surface area (Å²) in [4.78, 5) is 28.8. The molecule has 0 spiro atoms. The Morgan fingerprint density at radius 1 is 1.14 bits per heavy atom. The quantitative estimate of drug-likeness (QED) is 0.688. The molecule has 1 aromatic heterocycles. The summed E-state index contributed by atoms with van der Waals surface area (Å²) < 4.78 is 4.90. The number of carbonyl (C=O) groups is 2. The Balaban J connectivity index is 1.51. The molecule has 10 heteroatoms. The van der Waals surface area contributed by atoms with Gasteiger partial charge in [-0.25, -0.2) is 0 Å². The molecule has 1 saturated heterocycles. The van der Waals surface area contributed by atoms with Gasteiger partial charge in [-0.05, 0) is 32.2 Å². The highest BCUT2D eigenvalue weighted by molar-refractivity contribution is 8.00. The van der Waals surface area contributed by atoms with Gasteiger partial charge < -0.3 is 25.0 Å². The largest absolute Gasteiger partial charge is 0.367 e. The maximum Gasteiger partial charge on any atom is 0.235 e. The van der Waals surface area contributed by atoms with Crippen molar-refractivity contribution in [3.8, 4) is 0 Å². The highest BCUT2D eigenvalue weighted by atomic mass is 35.5. The smallest absolute Gasteiger partial charge is 0.235 e. The third kappa shape index (κ3) is 6.38. The van der Waals surface area contributed by atoms with Gasteiger partial charge in [-0.3, -0.25) is 9.59 Å². The predicted molar refractivity (Wildman–Crippen MR) is 117 cm³/mol. The van der Waals surface area contributed by atoms with Crippen LogP contribution in [0.1, 0.15) is 5.76 Å². The van der Waals surface area contributed by atoms with Crippen molar-refractivity contribution < 1.29 is 14.1 Å². The van der Waals surface area contributed by atoms with E-state index in [1.807, 2.05) is 12.1 Å². The van der Waals surface area contributed by atoms with Crippen LogP contribution in [0.2, 0.25) is 5.02 Å². The molecule has 8 nitrogen and oxygen atoms in total. The van der Waals surface area contributed by atoms with Crippen molar-refractivity contribution in [3.63, 3.8) is 0 Å². The van der Waals surface area contributed by atoms with Crippen LogP contribution in [0.3, 0.4) is 0 Å². The molecule has 0 atom stereocenters. The van der Waals surface area contributed by atoms with Gasteiger partial charge in [0, 0.05) is 37.3 Å². The van der Waals surface area contributed by atoms with E-state index in [0.717, 1.165) is 31.9 Å². The number of nitrogens with zero attached hydrogens (tertiary/aromatic N) is 3. The fourth-order valence-electron chi connectivity index (χ4n) is 2.96. The number of amides is 2. The van der Waals surface area contributed by atoms with E-state index in [0.29, 0.717) is 22.3 Å². The summed E-state index contributed by atoms with van der Waals surface area (Å²) >= 11 is 7.36. The molecule has 0 radical (unpaired) electrons. The summed E-state index contributed by atoms with van der Waals surface area (Å²) in [7, 11) is 2.10. The Hall–Kier alpha value is -2.23. The lowest BCUT2D eigenvalue weighted by atomic mass is 10.2. The Labute approximate surface area is 178 Å². The van der Waals surface area contributed by atoms with E-state index >= 15 is 0 Å². The molecule has 0 bridgehead atoms. The molecule has 2 amide bonds. The Morgan fingerprint density at radius 3 is 2.48 bits per heavy atom. The first-order valence-corrected chi connectivity index (χ1v) is 10.8. The van der Waals surface area contributed by atoms with Gasteiger partial charge in [-0.2, -0.15) is 0 Å². The lowest BCUT2D eigenvalue weighted by Crippen LogP contribution is -2.44. The second-order valence-corrected chi connectivity index (χ2v) is 8.29. The van der Waals surface area contributed by atoms with Crippen molar-refractivity contribution in [3.05, 3.63) is 35.0 Å². The first kappa shape index (κ1) is 21.5. The molecule has 2 N–H and O–H groups in total. The van der Waals surface area contributed by atoms with Gasteiger partial charge in [0.25, 0.3) is 0 Å². The van der Waals surface area contributed by atoms with Crippen molar-refractivity contribution in [2.45, 2.75) is 6.92 Å². The molecule has 1 fully saturated rings. The lowest BCUT2D eigenvalue weighted by molar-refractivity contribution is -0.114. The summed E-state index contributed by atoms with van der Waals surface area (Å²) in [6.45, 7) is 5.45. The van der Waals surface area contributed by atoms with Gasteiger partial charge in [-0.1, -0.05) is 16.8 Å². The van der Waals surface area contributed by atoms with Crippen molar-refractivity contribution in [1.29, 1.82) is 0 Å². The topological polar surface area (TPSA) is 90.7 Å².